The molecule has 1 saturated heterocycles. The van der Waals surface area contributed by atoms with Gasteiger partial charge in [0.25, 0.3) is 0 Å². The zero-order valence-corrected chi connectivity index (χ0v) is 8.25. The van der Waals surface area contributed by atoms with E-state index in [9.17, 15) is 4.79 Å². The number of amides is 1. The topological polar surface area (TPSA) is 32.8 Å². The number of allylic oxidation sites excluding steroid dienone is 1. The van der Waals surface area contributed by atoms with Crippen molar-refractivity contribution in [2.45, 2.75) is 6.92 Å². The van der Waals surface area contributed by atoms with E-state index in [4.69, 9.17) is 4.74 Å². The molecule has 0 aromatic carbocycles. The minimum Gasteiger partial charge on any atom is -0.416 e. The summed E-state index contributed by atoms with van der Waals surface area (Å²) in [5.74, 6) is 0.448. The van der Waals surface area contributed by atoms with Gasteiger partial charge in [0, 0.05) is 26.2 Å². The van der Waals surface area contributed by atoms with Gasteiger partial charge in [-0.1, -0.05) is 6.58 Å². The normalized spacial score (nSPS) is 18.5. The molecule has 4 nitrogen and oxygen atoms in total. The molecule has 1 aliphatic rings. The maximum atomic E-state index is 11.3. The minimum atomic E-state index is -0.277. The highest BCUT2D eigenvalue weighted by atomic mass is 16.6. The number of piperazine rings is 1. The Balaban J connectivity index is 2.36. The summed E-state index contributed by atoms with van der Waals surface area (Å²) in [5.41, 5.74) is 0. The third-order valence-corrected chi connectivity index (χ3v) is 2.02. The molecule has 1 amide bonds. The molecule has 0 atom stereocenters. The number of carbonyl (C=O) groups excluding carboxylic acids is 1. The quantitative estimate of drug-likeness (QED) is 0.568. The molecule has 0 unspecified atom stereocenters. The van der Waals surface area contributed by atoms with Crippen molar-refractivity contribution in [2.75, 3.05) is 33.2 Å². The zero-order valence-electron chi connectivity index (χ0n) is 8.25. The predicted octanol–water partition coefficient (Wildman–Crippen LogP) is 0.904. The summed E-state index contributed by atoms with van der Waals surface area (Å²) in [6.45, 7) is 8.49. The van der Waals surface area contributed by atoms with E-state index in [1.54, 1.807) is 11.8 Å². The largest absolute Gasteiger partial charge is 0.416 e. The molecule has 0 N–H and O–H groups in total. The zero-order chi connectivity index (χ0) is 9.84. The summed E-state index contributed by atoms with van der Waals surface area (Å²) < 4.78 is 4.90. The fourth-order valence-electron chi connectivity index (χ4n) is 1.20. The van der Waals surface area contributed by atoms with Crippen LogP contribution in [0.2, 0.25) is 0 Å². The SMILES string of the molecule is C=C(C)OC(=O)N1CCN(C)CC1. The van der Waals surface area contributed by atoms with Crippen molar-refractivity contribution in [1.29, 1.82) is 0 Å². The van der Waals surface area contributed by atoms with E-state index in [2.05, 4.69) is 11.5 Å². The molecule has 13 heavy (non-hydrogen) atoms. The van der Waals surface area contributed by atoms with Gasteiger partial charge in [-0.3, -0.25) is 0 Å². The molecule has 1 aliphatic heterocycles. The van der Waals surface area contributed by atoms with Gasteiger partial charge in [0.2, 0.25) is 0 Å². The smallest absolute Gasteiger partial charge is 0.414 e. The third kappa shape index (κ3) is 3.06. The summed E-state index contributed by atoms with van der Waals surface area (Å²) >= 11 is 0. The van der Waals surface area contributed by atoms with Crippen LogP contribution in [-0.4, -0.2) is 49.1 Å². The van der Waals surface area contributed by atoms with Crippen LogP contribution in [0.4, 0.5) is 4.79 Å². The summed E-state index contributed by atoms with van der Waals surface area (Å²) in [4.78, 5) is 15.2. The van der Waals surface area contributed by atoms with E-state index >= 15 is 0 Å². The number of ether oxygens (including phenoxy) is 1. The number of hydrogen-bond acceptors (Lipinski definition) is 3. The van der Waals surface area contributed by atoms with Gasteiger partial charge in [0.1, 0.15) is 0 Å². The summed E-state index contributed by atoms with van der Waals surface area (Å²) in [5, 5.41) is 0. The van der Waals surface area contributed by atoms with Crippen molar-refractivity contribution in [3.63, 3.8) is 0 Å². The van der Waals surface area contributed by atoms with Crippen LogP contribution in [-0.2, 0) is 4.74 Å². The van der Waals surface area contributed by atoms with Gasteiger partial charge in [-0.15, -0.1) is 0 Å². The first-order chi connectivity index (χ1) is 6.09. The van der Waals surface area contributed by atoms with E-state index in [0.717, 1.165) is 26.2 Å². The molecule has 1 heterocycles. The van der Waals surface area contributed by atoms with Crippen molar-refractivity contribution in [2.24, 2.45) is 0 Å². The number of rotatable bonds is 1. The van der Waals surface area contributed by atoms with Crippen LogP contribution >= 0.6 is 0 Å². The number of nitrogens with zero attached hydrogens (tertiary/aromatic N) is 2. The molecular formula is C9H16N2O2. The molecule has 0 aromatic rings. The Morgan fingerprint density at radius 3 is 2.31 bits per heavy atom. The Hall–Kier alpha value is -1.03. The van der Waals surface area contributed by atoms with Crippen molar-refractivity contribution >= 4 is 6.09 Å². The second-order valence-electron chi connectivity index (χ2n) is 3.36. The predicted molar refractivity (Wildman–Crippen MR) is 50.4 cm³/mol. The van der Waals surface area contributed by atoms with E-state index in [1.807, 2.05) is 7.05 Å². The maximum absolute atomic E-state index is 11.3. The summed E-state index contributed by atoms with van der Waals surface area (Å²) in [6.07, 6.45) is -0.277. The molecule has 0 spiro atoms. The van der Waals surface area contributed by atoms with Crippen LogP contribution in [0.25, 0.3) is 0 Å². The van der Waals surface area contributed by atoms with Crippen LogP contribution in [0, 0.1) is 0 Å². The second-order valence-corrected chi connectivity index (χ2v) is 3.36. The molecule has 0 aliphatic carbocycles. The third-order valence-electron chi connectivity index (χ3n) is 2.02. The lowest BCUT2D eigenvalue weighted by atomic mass is 10.3. The van der Waals surface area contributed by atoms with E-state index in [1.165, 1.54) is 0 Å². The van der Waals surface area contributed by atoms with E-state index < -0.39 is 0 Å². The lowest BCUT2D eigenvalue weighted by Gasteiger charge is -2.31. The summed E-state index contributed by atoms with van der Waals surface area (Å²) in [6, 6.07) is 0. The Morgan fingerprint density at radius 2 is 1.85 bits per heavy atom. The maximum Gasteiger partial charge on any atom is 0.414 e. The van der Waals surface area contributed by atoms with Crippen molar-refractivity contribution < 1.29 is 9.53 Å². The minimum absolute atomic E-state index is 0.277. The molecule has 0 bridgehead atoms. The van der Waals surface area contributed by atoms with Gasteiger partial charge in [-0.05, 0) is 14.0 Å². The van der Waals surface area contributed by atoms with Crippen molar-refractivity contribution in [1.82, 2.24) is 9.80 Å². The van der Waals surface area contributed by atoms with Crippen LogP contribution < -0.4 is 0 Å². The average Bonchev–Trinajstić information content (AvgIpc) is 2.04. The van der Waals surface area contributed by atoms with Gasteiger partial charge < -0.3 is 14.5 Å². The van der Waals surface area contributed by atoms with Crippen LogP contribution in [0.15, 0.2) is 12.3 Å². The Bertz CT molecular complexity index is 208. The lowest BCUT2D eigenvalue weighted by Crippen LogP contribution is -2.47. The molecule has 1 fully saturated rings. The number of hydrogen-bond donors (Lipinski definition) is 0. The van der Waals surface area contributed by atoms with Crippen molar-refractivity contribution in [3.05, 3.63) is 12.3 Å². The van der Waals surface area contributed by atoms with Crippen LogP contribution in [0.5, 0.6) is 0 Å². The molecule has 0 saturated carbocycles. The first-order valence-electron chi connectivity index (χ1n) is 4.40. The molecule has 1 rings (SSSR count). The Morgan fingerprint density at radius 1 is 1.31 bits per heavy atom. The monoisotopic (exact) mass is 184 g/mol. The van der Waals surface area contributed by atoms with Gasteiger partial charge in [0.05, 0.1) is 5.76 Å². The molecule has 74 valence electrons. The Kier molecular flexibility index (Phi) is 3.31. The number of carbonyl (C=O) groups is 1. The number of likely N-dealkylation sites (N-methyl/N-ethyl adjacent to an activating group) is 1. The van der Waals surface area contributed by atoms with Crippen LogP contribution in [0.1, 0.15) is 6.92 Å². The molecule has 4 heteroatoms. The lowest BCUT2D eigenvalue weighted by molar-refractivity contribution is 0.103. The fourth-order valence-corrected chi connectivity index (χ4v) is 1.20. The van der Waals surface area contributed by atoms with E-state index in [0.29, 0.717) is 5.76 Å². The highest BCUT2D eigenvalue weighted by Crippen LogP contribution is 2.03. The average molecular weight is 184 g/mol. The van der Waals surface area contributed by atoms with Crippen LogP contribution in [0.3, 0.4) is 0 Å². The van der Waals surface area contributed by atoms with Gasteiger partial charge in [-0.2, -0.15) is 0 Å². The highest BCUT2D eigenvalue weighted by Gasteiger charge is 2.19. The second kappa shape index (κ2) is 4.28. The van der Waals surface area contributed by atoms with Crippen molar-refractivity contribution in [3.8, 4) is 0 Å². The van der Waals surface area contributed by atoms with Gasteiger partial charge in [0.15, 0.2) is 0 Å². The molecule has 0 radical (unpaired) electrons. The standard InChI is InChI=1S/C9H16N2O2/c1-8(2)13-9(12)11-6-4-10(3)5-7-11/h1,4-7H2,2-3H3. The first kappa shape index (κ1) is 10.1. The first-order valence-corrected chi connectivity index (χ1v) is 4.40. The molecule has 0 aromatic heterocycles. The fraction of sp³-hybridized carbons (Fsp3) is 0.667. The van der Waals surface area contributed by atoms with E-state index in [-0.39, 0.29) is 6.09 Å². The summed E-state index contributed by atoms with van der Waals surface area (Å²) in [7, 11) is 2.04. The van der Waals surface area contributed by atoms with Gasteiger partial charge >= 0.3 is 6.09 Å². The van der Waals surface area contributed by atoms with Gasteiger partial charge in [-0.25, -0.2) is 4.79 Å². The molecular weight excluding hydrogens is 168 g/mol. The highest BCUT2D eigenvalue weighted by molar-refractivity contribution is 5.68. The Labute approximate surface area is 78.8 Å².